The van der Waals surface area contributed by atoms with Gasteiger partial charge in [-0.3, -0.25) is 0 Å². The van der Waals surface area contributed by atoms with Crippen molar-refractivity contribution in [2.75, 3.05) is 6.61 Å². The van der Waals surface area contributed by atoms with Crippen LogP contribution in [0.2, 0.25) is 0 Å². The van der Waals surface area contributed by atoms with Gasteiger partial charge in [0.05, 0.1) is 0 Å². The summed E-state index contributed by atoms with van der Waals surface area (Å²) in [6.45, 7) is 4.66. The Labute approximate surface area is 74.9 Å². The molecule has 0 aromatic carbocycles. The molecule has 0 bridgehead atoms. The molecule has 1 saturated heterocycles. The zero-order valence-electron chi connectivity index (χ0n) is 7.15. The number of rotatable bonds is 2. The van der Waals surface area contributed by atoms with Crippen molar-refractivity contribution >= 4 is 11.9 Å². The van der Waals surface area contributed by atoms with E-state index in [1.807, 2.05) is 0 Å². The van der Waals surface area contributed by atoms with Gasteiger partial charge in [-0.25, -0.2) is 9.59 Å². The van der Waals surface area contributed by atoms with Crippen molar-refractivity contribution in [3.8, 4) is 0 Å². The molecule has 13 heavy (non-hydrogen) atoms. The molecule has 1 rings (SSSR count). The van der Waals surface area contributed by atoms with Gasteiger partial charge in [0, 0.05) is 5.57 Å². The number of aliphatic hydroxyl groups is 1. The van der Waals surface area contributed by atoms with Crippen molar-refractivity contribution in [2.45, 2.75) is 19.1 Å². The number of carbonyl (C=O) groups is 2. The maximum atomic E-state index is 10.9. The van der Waals surface area contributed by atoms with Gasteiger partial charge >= 0.3 is 11.9 Å². The molecule has 72 valence electrons. The Morgan fingerprint density at radius 2 is 2.38 bits per heavy atom. The molecule has 0 aliphatic carbocycles. The minimum absolute atomic E-state index is 0.132. The Kier molecular flexibility index (Phi) is 2.67. The lowest BCUT2D eigenvalue weighted by Gasteiger charge is -2.10. The molecule has 1 N–H and O–H groups in total. The number of hydrogen-bond acceptors (Lipinski definition) is 5. The first-order chi connectivity index (χ1) is 6.02. The maximum Gasteiger partial charge on any atom is 0.350 e. The van der Waals surface area contributed by atoms with E-state index in [0.717, 1.165) is 0 Å². The first-order valence-corrected chi connectivity index (χ1v) is 3.73. The monoisotopic (exact) mass is 186 g/mol. The van der Waals surface area contributed by atoms with Crippen molar-refractivity contribution in [1.29, 1.82) is 0 Å². The summed E-state index contributed by atoms with van der Waals surface area (Å²) in [5.74, 6) is -1.43. The highest BCUT2D eigenvalue weighted by Gasteiger charge is 2.38. The average Bonchev–Trinajstić information content (AvgIpc) is 2.35. The lowest BCUT2D eigenvalue weighted by Crippen LogP contribution is -2.32. The lowest BCUT2D eigenvalue weighted by molar-refractivity contribution is -0.159. The molecule has 0 aromatic rings. The molecule has 1 aliphatic heterocycles. The normalized spacial score (nSPS) is 26.8. The Balaban J connectivity index is 2.57. The summed E-state index contributed by atoms with van der Waals surface area (Å²) in [6.07, 6.45) is -2.28. The lowest BCUT2D eigenvalue weighted by atomic mass is 10.2. The van der Waals surface area contributed by atoms with Gasteiger partial charge < -0.3 is 14.6 Å². The van der Waals surface area contributed by atoms with Crippen molar-refractivity contribution in [2.24, 2.45) is 0 Å². The highest BCUT2D eigenvalue weighted by molar-refractivity contribution is 5.90. The van der Waals surface area contributed by atoms with E-state index >= 15 is 0 Å². The van der Waals surface area contributed by atoms with Crippen molar-refractivity contribution in [3.05, 3.63) is 12.2 Å². The van der Waals surface area contributed by atoms with Crippen LogP contribution < -0.4 is 0 Å². The zero-order valence-corrected chi connectivity index (χ0v) is 7.15. The molecular formula is C8H10O5. The Morgan fingerprint density at radius 3 is 2.77 bits per heavy atom. The first-order valence-electron chi connectivity index (χ1n) is 3.73. The summed E-state index contributed by atoms with van der Waals surface area (Å²) >= 11 is 0. The van der Waals surface area contributed by atoms with Gasteiger partial charge in [0.1, 0.15) is 12.7 Å². The van der Waals surface area contributed by atoms with Crippen LogP contribution in [0.15, 0.2) is 12.2 Å². The Bertz CT molecular complexity index is 257. The average molecular weight is 186 g/mol. The largest absolute Gasteiger partial charge is 0.460 e. The van der Waals surface area contributed by atoms with Gasteiger partial charge in [-0.2, -0.15) is 0 Å². The number of cyclic esters (lactones) is 1. The van der Waals surface area contributed by atoms with Gasteiger partial charge in [0.25, 0.3) is 0 Å². The van der Waals surface area contributed by atoms with Crippen molar-refractivity contribution in [1.82, 2.24) is 0 Å². The Hall–Kier alpha value is -1.36. The predicted molar refractivity (Wildman–Crippen MR) is 41.7 cm³/mol. The molecule has 2 unspecified atom stereocenters. The summed E-state index contributed by atoms with van der Waals surface area (Å²) in [6, 6.07) is 0. The molecule has 0 radical (unpaired) electrons. The molecule has 0 spiro atoms. The van der Waals surface area contributed by atoms with E-state index < -0.39 is 24.1 Å². The van der Waals surface area contributed by atoms with E-state index in [4.69, 9.17) is 5.11 Å². The van der Waals surface area contributed by atoms with Crippen LogP contribution in [-0.2, 0) is 19.1 Å². The first kappa shape index (κ1) is 9.73. The van der Waals surface area contributed by atoms with E-state index in [-0.39, 0.29) is 12.2 Å². The molecule has 1 aliphatic rings. The van der Waals surface area contributed by atoms with Crippen LogP contribution in [0, 0.1) is 0 Å². The number of carbonyl (C=O) groups excluding carboxylic acids is 2. The van der Waals surface area contributed by atoms with Crippen LogP contribution in [0.1, 0.15) is 6.92 Å². The molecule has 0 amide bonds. The fraction of sp³-hybridized carbons (Fsp3) is 0.500. The standard InChI is InChI=1S/C8H10O5/c1-4(2)7(10)13-6-5(9)3-12-8(6)11/h5-6,9H,1,3H2,2H3. The van der Waals surface area contributed by atoms with E-state index in [0.29, 0.717) is 0 Å². The minimum atomic E-state index is -1.20. The summed E-state index contributed by atoms with van der Waals surface area (Å²) in [4.78, 5) is 21.8. The van der Waals surface area contributed by atoms with Crippen molar-refractivity contribution < 1.29 is 24.2 Å². The van der Waals surface area contributed by atoms with E-state index in [1.54, 1.807) is 0 Å². The highest BCUT2D eigenvalue weighted by atomic mass is 16.6. The van der Waals surface area contributed by atoms with Crippen LogP contribution in [0.3, 0.4) is 0 Å². The molecule has 0 aromatic heterocycles. The van der Waals surface area contributed by atoms with Crippen LogP contribution in [0.4, 0.5) is 0 Å². The van der Waals surface area contributed by atoms with Gasteiger partial charge in [-0.1, -0.05) is 6.58 Å². The number of ether oxygens (including phenoxy) is 2. The molecular weight excluding hydrogens is 176 g/mol. The fourth-order valence-corrected chi connectivity index (χ4v) is 0.837. The second-order valence-corrected chi connectivity index (χ2v) is 2.80. The van der Waals surface area contributed by atoms with Gasteiger partial charge in [-0.15, -0.1) is 0 Å². The van der Waals surface area contributed by atoms with Gasteiger partial charge in [-0.05, 0) is 6.92 Å². The highest BCUT2D eigenvalue weighted by Crippen LogP contribution is 2.12. The molecule has 1 fully saturated rings. The smallest absolute Gasteiger partial charge is 0.350 e. The molecule has 2 atom stereocenters. The third-order valence-corrected chi connectivity index (χ3v) is 1.56. The molecule has 1 heterocycles. The van der Waals surface area contributed by atoms with Crippen LogP contribution in [0.5, 0.6) is 0 Å². The van der Waals surface area contributed by atoms with E-state index in [2.05, 4.69) is 16.1 Å². The predicted octanol–water partition coefficient (Wildman–Crippen LogP) is -0.608. The molecule has 5 nitrogen and oxygen atoms in total. The maximum absolute atomic E-state index is 10.9. The van der Waals surface area contributed by atoms with Gasteiger partial charge in [0.15, 0.2) is 0 Å². The van der Waals surface area contributed by atoms with Crippen LogP contribution in [0.25, 0.3) is 0 Å². The van der Waals surface area contributed by atoms with E-state index in [1.165, 1.54) is 6.92 Å². The fourth-order valence-electron chi connectivity index (χ4n) is 0.837. The topological polar surface area (TPSA) is 72.8 Å². The second-order valence-electron chi connectivity index (χ2n) is 2.80. The summed E-state index contributed by atoms with van der Waals surface area (Å²) in [7, 11) is 0. The number of hydrogen-bond donors (Lipinski definition) is 1. The molecule has 5 heteroatoms. The number of aliphatic hydroxyl groups excluding tert-OH is 1. The Morgan fingerprint density at radius 1 is 1.77 bits per heavy atom. The van der Waals surface area contributed by atoms with Crippen LogP contribution >= 0.6 is 0 Å². The summed E-state index contributed by atoms with van der Waals surface area (Å²) in [5, 5.41) is 9.14. The second kappa shape index (κ2) is 3.57. The van der Waals surface area contributed by atoms with Crippen LogP contribution in [-0.4, -0.2) is 35.9 Å². The number of esters is 2. The van der Waals surface area contributed by atoms with Gasteiger partial charge in [0.2, 0.25) is 6.10 Å². The summed E-state index contributed by atoms with van der Waals surface area (Å²) < 4.78 is 9.10. The third kappa shape index (κ3) is 2.06. The van der Waals surface area contributed by atoms with E-state index in [9.17, 15) is 9.59 Å². The SMILES string of the molecule is C=C(C)C(=O)OC1C(=O)OCC1O. The quantitative estimate of drug-likeness (QED) is 0.460. The zero-order chi connectivity index (χ0) is 10.0. The summed E-state index contributed by atoms with van der Waals surface area (Å²) in [5.41, 5.74) is 0.173. The van der Waals surface area contributed by atoms with Crippen molar-refractivity contribution in [3.63, 3.8) is 0 Å². The minimum Gasteiger partial charge on any atom is -0.460 e. The third-order valence-electron chi connectivity index (χ3n) is 1.56. The molecule has 0 saturated carbocycles.